The molecule has 0 radical (unpaired) electrons. The van der Waals surface area contributed by atoms with E-state index in [9.17, 15) is 9.36 Å². The smallest absolute Gasteiger partial charge is 0.308 e. The summed E-state index contributed by atoms with van der Waals surface area (Å²) in [6.07, 6.45) is 0. The number of fused-ring (bicyclic) bond motifs is 1. The summed E-state index contributed by atoms with van der Waals surface area (Å²) in [6, 6.07) is 14.7. The predicted molar refractivity (Wildman–Crippen MR) is 92.6 cm³/mol. The average molecular weight is 393 g/mol. The van der Waals surface area contributed by atoms with Crippen LogP contribution in [0.3, 0.4) is 0 Å². The molecule has 3 rings (SSSR count). The largest absolute Gasteiger partial charge is 0.365 e. The van der Waals surface area contributed by atoms with Crippen molar-refractivity contribution in [3.05, 3.63) is 75.0 Å². The Hall–Kier alpha value is -1.52. The van der Waals surface area contributed by atoms with Crippen LogP contribution in [0.25, 0.3) is 5.57 Å². The molecule has 118 valence electrons. The molecule has 0 amide bonds. The summed E-state index contributed by atoms with van der Waals surface area (Å²) in [4.78, 5) is 12.9. The van der Waals surface area contributed by atoms with Gasteiger partial charge in [-0.25, -0.2) is 0 Å². The number of halogens is 1. The molecule has 0 saturated carbocycles. The Kier molecular flexibility index (Phi) is 4.39. The van der Waals surface area contributed by atoms with Crippen molar-refractivity contribution in [3.63, 3.8) is 0 Å². The lowest BCUT2D eigenvalue weighted by molar-refractivity contribution is 0.104. The number of ketones is 1. The zero-order valence-electron chi connectivity index (χ0n) is 12.6. The molecule has 0 aliphatic heterocycles. The van der Waals surface area contributed by atoms with Crippen molar-refractivity contribution in [2.45, 2.75) is 0 Å². The van der Waals surface area contributed by atoms with Gasteiger partial charge in [0.05, 0.1) is 0 Å². The van der Waals surface area contributed by atoms with Gasteiger partial charge in [0, 0.05) is 35.4 Å². The molecule has 0 bridgehead atoms. The normalized spacial score (nSPS) is 14.3. The van der Waals surface area contributed by atoms with E-state index in [0.29, 0.717) is 16.7 Å². The number of carbonyl (C=O) groups excluding carboxylic acids is 1. The SMILES string of the molecule is COP(=O)(OC)C1=C(c2ccccc2)c2c(Br)cccc2C1=O. The second kappa shape index (κ2) is 6.17. The van der Waals surface area contributed by atoms with Gasteiger partial charge in [-0.05, 0) is 11.6 Å². The molecule has 0 unspecified atom stereocenters. The molecule has 0 spiro atoms. The van der Waals surface area contributed by atoms with Gasteiger partial charge in [0.25, 0.3) is 0 Å². The second-order valence-electron chi connectivity index (χ2n) is 4.94. The summed E-state index contributed by atoms with van der Waals surface area (Å²) in [5.74, 6) is -0.327. The first-order valence-electron chi connectivity index (χ1n) is 6.89. The van der Waals surface area contributed by atoms with Gasteiger partial charge in [0.1, 0.15) is 5.31 Å². The molecule has 1 aliphatic rings. The zero-order chi connectivity index (χ0) is 16.6. The summed E-state index contributed by atoms with van der Waals surface area (Å²) in [5, 5.41) is 0.0793. The zero-order valence-corrected chi connectivity index (χ0v) is 15.1. The maximum absolute atomic E-state index is 13.0. The van der Waals surface area contributed by atoms with Gasteiger partial charge in [-0.15, -0.1) is 0 Å². The second-order valence-corrected chi connectivity index (χ2v) is 7.97. The lowest BCUT2D eigenvalue weighted by Gasteiger charge is -2.16. The quantitative estimate of drug-likeness (QED) is 0.695. The molecule has 0 fully saturated rings. The van der Waals surface area contributed by atoms with Crippen LogP contribution in [0.4, 0.5) is 0 Å². The first-order chi connectivity index (χ1) is 11.0. The van der Waals surface area contributed by atoms with Gasteiger partial charge in [-0.3, -0.25) is 9.36 Å². The van der Waals surface area contributed by atoms with Crippen LogP contribution in [-0.2, 0) is 13.6 Å². The Bertz CT molecular complexity index is 850. The Morgan fingerprint density at radius 3 is 2.22 bits per heavy atom. The van der Waals surface area contributed by atoms with Crippen LogP contribution in [-0.4, -0.2) is 20.0 Å². The number of allylic oxidation sites excluding steroid dienone is 1. The number of Topliss-reactive ketones (excluding diaryl/α,β-unsaturated/α-hetero) is 1. The van der Waals surface area contributed by atoms with E-state index in [1.165, 1.54) is 14.2 Å². The number of rotatable bonds is 4. The summed E-state index contributed by atoms with van der Waals surface area (Å²) in [5.41, 5.74) is 2.58. The molecular formula is C17H14BrO4P. The lowest BCUT2D eigenvalue weighted by atomic mass is 9.99. The topological polar surface area (TPSA) is 52.6 Å². The average Bonchev–Trinajstić information content (AvgIpc) is 2.90. The Labute approximate surface area is 142 Å². The first-order valence-corrected chi connectivity index (χ1v) is 9.22. The summed E-state index contributed by atoms with van der Waals surface area (Å²) < 4.78 is 24.0. The molecule has 2 aromatic rings. The summed E-state index contributed by atoms with van der Waals surface area (Å²) >= 11 is 3.49. The van der Waals surface area contributed by atoms with Crippen LogP contribution in [0.15, 0.2) is 58.3 Å². The number of hydrogen-bond acceptors (Lipinski definition) is 4. The highest BCUT2D eigenvalue weighted by Crippen LogP contribution is 2.62. The van der Waals surface area contributed by atoms with Crippen LogP contribution < -0.4 is 0 Å². The van der Waals surface area contributed by atoms with E-state index >= 15 is 0 Å². The predicted octanol–water partition coefficient (Wildman–Crippen LogP) is 4.89. The molecule has 0 heterocycles. The fraction of sp³-hybridized carbons (Fsp3) is 0.118. The molecule has 1 aliphatic carbocycles. The summed E-state index contributed by atoms with van der Waals surface area (Å²) in [6.45, 7) is 0. The van der Waals surface area contributed by atoms with Crippen LogP contribution in [0.2, 0.25) is 0 Å². The van der Waals surface area contributed by atoms with Gasteiger partial charge >= 0.3 is 7.60 Å². The third-order valence-electron chi connectivity index (χ3n) is 3.78. The van der Waals surface area contributed by atoms with Crippen LogP contribution in [0.1, 0.15) is 21.5 Å². The van der Waals surface area contributed by atoms with Crippen molar-refractivity contribution < 1.29 is 18.4 Å². The van der Waals surface area contributed by atoms with Crippen molar-refractivity contribution in [3.8, 4) is 0 Å². The Morgan fingerprint density at radius 2 is 1.61 bits per heavy atom. The Morgan fingerprint density at radius 1 is 0.957 bits per heavy atom. The van der Waals surface area contributed by atoms with Crippen LogP contribution >= 0.6 is 23.5 Å². The van der Waals surface area contributed by atoms with Crippen molar-refractivity contribution in [1.82, 2.24) is 0 Å². The molecule has 2 aromatic carbocycles. The van der Waals surface area contributed by atoms with Crippen LogP contribution in [0.5, 0.6) is 0 Å². The maximum Gasteiger partial charge on any atom is 0.365 e. The molecule has 4 nitrogen and oxygen atoms in total. The van der Waals surface area contributed by atoms with Crippen molar-refractivity contribution in [2.24, 2.45) is 0 Å². The minimum Gasteiger partial charge on any atom is -0.308 e. The van der Waals surface area contributed by atoms with E-state index in [1.54, 1.807) is 12.1 Å². The number of benzene rings is 2. The molecular weight excluding hydrogens is 379 g/mol. The van der Waals surface area contributed by atoms with E-state index < -0.39 is 7.60 Å². The third-order valence-corrected chi connectivity index (χ3v) is 6.37. The molecule has 0 saturated heterocycles. The van der Waals surface area contributed by atoms with E-state index in [2.05, 4.69) is 15.9 Å². The van der Waals surface area contributed by atoms with Gasteiger partial charge in [0.15, 0.2) is 0 Å². The first kappa shape index (κ1) is 16.3. The molecule has 0 atom stereocenters. The fourth-order valence-electron chi connectivity index (χ4n) is 2.73. The van der Waals surface area contributed by atoms with E-state index in [-0.39, 0.29) is 11.1 Å². The minimum absolute atomic E-state index is 0.0793. The monoisotopic (exact) mass is 392 g/mol. The standard InChI is InChI=1S/C17H14BrO4P/c1-21-23(20,22-2)17-14(11-7-4-3-5-8-11)15-12(16(17)19)9-6-10-13(15)18/h3-10H,1-2H3. The van der Waals surface area contributed by atoms with Crippen LogP contribution in [0, 0.1) is 0 Å². The highest BCUT2D eigenvalue weighted by Gasteiger charge is 2.43. The van der Waals surface area contributed by atoms with Gasteiger partial charge in [-0.1, -0.05) is 58.4 Å². The molecule has 0 N–H and O–H groups in total. The molecule has 6 heteroatoms. The van der Waals surface area contributed by atoms with Gasteiger partial charge < -0.3 is 9.05 Å². The van der Waals surface area contributed by atoms with E-state index in [0.717, 1.165) is 10.0 Å². The fourth-order valence-corrected chi connectivity index (χ4v) is 4.69. The van der Waals surface area contributed by atoms with E-state index in [1.807, 2.05) is 36.4 Å². The summed E-state index contributed by atoms with van der Waals surface area (Å²) in [7, 11) is -1.13. The van der Waals surface area contributed by atoms with Crippen molar-refractivity contribution >= 4 is 34.9 Å². The maximum atomic E-state index is 13.0. The lowest BCUT2D eigenvalue weighted by Crippen LogP contribution is -2.03. The highest BCUT2D eigenvalue weighted by molar-refractivity contribution is 9.10. The minimum atomic E-state index is -3.70. The van der Waals surface area contributed by atoms with Gasteiger partial charge in [-0.2, -0.15) is 0 Å². The van der Waals surface area contributed by atoms with Gasteiger partial charge in [0.2, 0.25) is 5.78 Å². The molecule has 23 heavy (non-hydrogen) atoms. The number of hydrogen-bond donors (Lipinski definition) is 0. The van der Waals surface area contributed by atoms with Crippen molar-refractivity contribution in [1.29, 1.82) is 0 Å². The third kappa shape index (κ3) is 2.54. The highest BCUT2D eigenvalue weighted by atomic mass is 79.9. The molecule has 0 aromatic heterocycles. The number of carbonyl (C=O) groups is 1. The van der Waals surface area contributed by atoms with Crippen molar-refractivity contribution in [2.75, 3.05) is 14.2 Å². The van der Waals surface area contributed by atoms with E-state index in [4.69, 9.17) is 9.05 Å². The Balaban J connectivity index is 2.41.